The van der Waals surface area contributed by atoms with Crippen molar-refractivity contribution >= 4 is 5.97 Å². The van der Waals surface area contributed by atoms with Gasteiger partial charge in [0.1, 0.15) is 5.69 Å². The first-order valence-corrected chi connectivity index (χ1v) is 4.44. The molecule has 0 atom stereocenters. The molecule has 0 saturated heterocycles. The fourth-order valence-corrected chi connectivity index (χ4v) is 1.20. The molecule has 0 amide bonds. The summed E-state index contributed by atoms with van der Waals surface area (Å²) in [6, 6.07) is 4.59. The third-order valence-electron chi connectivity index (χ3n) is 1.96. The van der Waals surface area contributed by atoms with Gasteiger partial charge in [-0.1, -0.05) is 0 Å². The number of aromatic nitrogens is 2. The third kappa shape index (κ3) is 1.72. The number of nitrogens with one attached hydrogen (secondary N) is 1. The summed E-state index contributed by atoms with van der Waals surface area (Å²) in [4.78, 5) is 22.6. The number of rotatable bonds is 2. The molecule has 16 heavy (non-hydrogen) atoms. The van der Waals surface area contributed by atoms with Crippen LogP contribution in [0.4, 0.5) is 0 Å². The first-order chi connectivity index (χ1) is 7.72. The summed E-state index contributed by atoms with van der Waals surface area (Å²) in [5.41, 5.74) is -0.391. The second-order valence-electron chi connectivity index (χ2n) is 2.96. The lowest BCUT2D eigenvalue weighted by Crippen LogP contribution is -2.19. The van der Waals surface area contributed by atoms with Gasteiger partial charge in [0.15, 0.2) is 5.76 Å². The first kappa shape index (κ1) is 10.2. The molecule has 0 spiro atoms. The van der Waals surface area contributed by atoms with Gasteiger partial charge in [-0.25, -0.2) is 4.79 Å². The van der Waals surface area contributed by atoms with Crippen LogP contribution in [0.15, 0.2) is 33.7 Å². The fourth-order valence-electron chi connectivity index (χ4n) is 1.20. The van der Waals surface area contributed by atoms with Crippen molar-refractivity contribution in [3.63, 3.8) is 0 Å². The minimum absolute atomic E-state index is 0.280. The molecular formula is C10H8N2O4. The Bertz CT molecular complexity index is 556. The number of methoxy groups -OCH3 is 1. The van der Waals surface area contributed by atoms with Crippen LogP contribution in [0.1, 0.15) is 10.5 Å². The topological polar surface area (TPSA) is 85.2 Å². The molecule has 1 N–H and O–H groups in total. The van der Waals surface area contributed by atoms with Gasteiger partial charge in [0.05, 0.1) is 13.4 Å². The number of carbonyl (C=O) groups is 1. The Balaban J connectivity index is 2.45. The number of furan rings is 1. The summed E-state index contributed by atoms with van der Waals surface area (Å²) in [6.45, 7) is 0. The van der Waals surface area contributed by atoms with Gasteiger partial charge in [0, 0.05) is 6.07 Å². The van der Waals surface area contributed by atoms with Gasteiger partial charge in [-0.15, -0.1) is 0 Å². The van der Waals surface area contributed by atoms with Gasteiger partial charge in [-0.2, -0.15) is 5.10 Å². The van der Waals surface area contributed by atoms with Crippen LogP contribution in [0.5, 0.6) is 0 Å². The molecule has 0 aliphatic carbocycles. The Kier molecular flexibility index (Phi) is 2.55. The van der Waals surface area contributed by atoms with E-state index in [1.165, 1.54) is 19.4 Å². The van der Waals surface area contributed by atoms with E-state index in [9.17, 15) is 9.59 Å². The van der Waals surface area contributed by atoms with Crippen LogP contribution in [-0.2, 0) is 4.74 Å². The van der Waals surface area contributed by atoms with Gasteiger partial charge in [-0.3, -0.25) is 9.89 Å². The molecular weight excluding hydrogens is 212 g/mol. The second-order valence-corrected chi connectivity index (χ2v) is 2.96. The molecule has 2 aromatic heterocycles. The normalized spacial score (nSPS) is 10.1. The van der Waals surface area contributed by atoms with E-state index < -0.39 is 11.4 Å². The van der Waals surface area contributed by atoms with E-state index in [-0.39, 0.29) is 5.69 Å². The van der Waals surface area contributed by atoms with Gasteiger partial charge < -0.3 is 9.15 Å². The number of carbonyl (C=O) groups excluding carboxylic acids is 1. The van der Waals surface area contributed by atoms with Crippen LogP contribution < -0.4 is 5.43 Å². The van der Waals surface area contributed by atoms with Crippen molar-refractivity contribution in [1.82, 2.24) is 10.2 Å². The number of hydrogen-bond donors (Lipinski definition) is 1. The third-order valence-corrected chi connectivity index (χ3v) is 1.96. The average Bonchev–Trinajstić information content (AvgIpc) is 2.81. The van der Waals surface area contributed by atoms with Crippen molar-refractivity contribution in [3.05, 3.63) is 40.4 Å². The number of nitrogens with zero attached hydrogens (tertiary/aromatic N) is 1. The van der Waals surface area contributed by atoms with Crippen LogP contribution >= 0.6 is 0 Å². The zero-order valence-electron chi connectivity index (χ0n) is 8.39. The predicted molar refractivity (Wildman–Crippen MR) is 53.9 cm³/mol. The summed E-state index contributed by atoms with van der Waals surface area (Å²) in [5, 5.41) is 6.18. The Morgan fingerprint density at radius 1 is 1.56 bits per heavy atom. The molecule has 2 aromatic rings. The fraction of sp³-hybridized carbons (Fsp3) is 0.100. The maximum absolute atomic E-state index is 11.5. The highest BCUT2D eigenvalue weighted by Gasteiger charge is 2.14. The highest BCUT2D eigenvalue weighted by molar-refractivity contribution is 5.86. The standard InChI is InChI=1S/C10H8N2O4/c1-15-10(14)9-7(13)5-6(11-12-9)8-3-2-4-16-8/h2-5H,1H3,(H,11,13). The van der Waals surface area contributed by atoms with Crippen LogP contribution in [0, 0.1) is 0 Å². The van der Waals surface area contributed by atoms with Gasteiger partial charge in [0.25, 0.3) is 0 Å². The van der Waals surface area contributed by atoms with E-state index in [0.717, 1.165) is 0 Å². The number of esters is 1. The van der Waals surface area contributed by atoms with Crippen molar-refractivity contribution in [2.45, 2.75) is 0 Å². The predicted octanol–water partition coefficient (Wildman–Crippen LogP) is 0.816. The monoisotopic (exact) mass is 220 g/mol. The Hall–Kier alpha value is -2.37. The number of hydrogen-bond acceptors (Lipinski definition) is 5. The van der Waals surface area contributed by atoms with E-state index in [1.807, 2.05) is 0 Å². The summed E-state index contributed by atoms with van der Waals surface area (Å²) in [7, 11) is 1.18. The number of H-pyrrole nitrogens is 1. The second kappa shape index (κ2) is 4.01. The molecule has 0 radical (unpaired) electrons. The molecule has 0 fully saturated rings. The lowest BCUT2D eigenvalue weighted by atomic mass is 10.3. The van der Waals surface area contributed by atoms with Gasteiger partial charge in [0.2, 0.25) is 11.1 Å². The minimum atomic E-state index is -0.771. The summed E-state index contributed by atoms with van der Waals surface area (Å²) >= 11 is 0. The summed E-state index contributed by atoms with van der Waals surface area (Å²) < 4.78 is 9.48. The number of aromatic amines is 1. The van der Waals surface area contributed by atoms with Crippen LogP contribution in [0.2, 0.25) is 0 Å². The molecule has 0 bridgehead atoms. The maximum Gasteiger partial charge on any atom is 0.362 e. The van der Waals surface area contributed by atoms with E-state index >= 15 is 0 Å². The lowest BCUT2D eigenvalue weighted by Gasteiger charge is -1.99. The van der Waals surface area contributed by atoms with E-state index in [4.69, 9.17) is 4.42 Å². The highest BCUT2D eigenvalue weighted by Crippen LogP contribution is 2.14. The zero-order valence-corrected chi connectivity index (χ0v) is 8.39. The van der Waals surface area contributed by atoms with E-state index in [1.54, 1.807) is 12.1 Å². The Morgan fingerprint density at radius 2 is 2.38 bits per heavy atom. The minimum Gasteiger partial charge on any atom is -0.464 e. The smallest absolute Gasteiger partial charge is 0.362 e. The van der Waals surface area contributed by atoms with Crippen molar-refractivity contribution in [1.29, 1.82) is 0 Å². The van der Waals surface area contributed by atoms with E-state index in [0.29, 0.717) is 11.5 Å². The van der Waals surface area contributed by atoms with Gasteiger partial charge in [-0.05, 0) is 12.1 Å². The molecule has 0 unspecified atom stereocenters. The Morgan fingerprint density at radius 3 is 2.94 bits per heavy atom. The largest absolute Gasteiger partial charge is 0.464 e. The Labute approximate surface area is 89.9 Å². The zero-order chi connectivity index (χ0) is 11.5. The molecule has 2 heterocycles. The molecule has 0 aliphatic rings. The van der Waals surface area contributed by atoms with E-state index in [2.05, 4.69) is 14.9 Å². The molecule has 6 heteroatoms. The quantitative estimate of drug-likeness (QED) is 0.757. The van der Waals surface area contributed by atoms with Crippen LogP contribution in [0.25, 0.3) is 11.5 Å². The van der Waals surface area contributed by atoms with Crippen molar-refractivity contribution in [2.75, 3.05) is 7.11 Å². The molecule has 0 saturated carbocycles. The van der Waals surface area contributed by atoms with Crippen LogP contribution in [-0.4, -0.2) is 23.3 Å². The van der Waals surface area contributed by atoms with Crippen molar-refractivity contribution in [3.8, 4) is 11.5 Å². The average molecular weight is 220 g/mol. The summed E-state index contributed by atoms with van der Waals surface area (Å²) in [6.07, 6.45) is 1.47. The molecule has 82 valence electrons. The van der Waals surface area contributed by atoms with Crippen molar-refractivity contribution < 1.29 is 13.9 Å². The molecule has 6 nitrogen and oxygen atoms in total. The van der Waals surface area contributed by atoms with Crippen LogP contribution in [0.3, 0.4) is 0 Å². The lowest BCUT2D eigenvalue weighted by molar-refractivity contribution is 0.0591. The SMILES string of the molecule is COC(=O)c1n[nH]c(-c2ccco2)cc1=O. The number of ether oxygens (including phenoxy) is 1. The molecule has 0 aromatic carbocycles. The highest BCUT2D eigenvalue weighted by atomic mass is 16.5. The van der Waals surface area contributed by atoms with Crippen molar-refractivity contribution in [2.24, 2.45) is 0 Å². The molecule has 2 rings (SSSR count). The maximum atomic E-state index is 11.5. The van der Waals surface area contributed by atoms with Gasteiger partial charge >= 0.3 is 5.97 Å². The first-order valence-electron chi connectivity index (χ1n) is 4.44. The summed E-state index contributed by atoms with van der Waals surface area (Å²) in [5.74, 6) is -0.298. The molecule has 0 aliphatic heterocycles.